The molecule has 0 radical (unpaired) electrons. The number of furan rings is 1. The lowest BCUT2D eigenvalue weighted by Gasteiger charge is -2.31. The SMILES string of the molecule is C[C@H](c1ccc(C(=O)NCc2nc3ccc(F)cc3[nH]2)o1)N1CCCCC1. The first-order valence-corrected chi connectivity index (χ1v) is 9.36. The minimum atomic E-state index is -0.326. The Morgan fingerprint density at radius 3 is 2.93 bits per heavy atom. The van der Waals surface area contributed by atoms with E-state index in [0.717, 1.165) is 18.8 Å². The van der Waals surface area contributed by atoms with Crippen molar-refractivity contribution < 1.29 is 13.6 Å². The third-order valence-electron chi connectivity index (χ3n) is 5.11. The smallest absolute Gasteiger partial charge is 0.287 e. The molecular weight excluding hydrogens is 347 g/mol. The second kappa shape index (κ2) is 7.52. The topological polar surface area (TPSA) is 74.2 Å². The van der Waals surface area contributed by atoms with Crippen LogP contribution in [0.15, 0.2) is 34.7 Å². The molecule has 0 unspecified atom stereocenters. The summed E-state index contributed by atoms with van der Waals surface area (Å²) in [5, 5.41) is 2.79. The molecule has 3 heterocycles. The molecule has 1 fully saturated rings. The molecule has 3 aromatic rings. The number of carbonyl (C=O) groups is 1. The summed E-state index contributed by atoms with van der Waals surface area (Å²) in [6.07, 6.45) is 3.70. The summed E-state index contributed by atoms with van der Waals surface area (Å²) in [5.41, 5.74) is 1.27. The number of amides is 1. The van der Waals surface area contributed by atoms with Crippen molar-refractivity contribution in [3.63, 3.8) is 0 Å². The zero-order valence-corrected chi connectivity index (χ0v) is 15.3. The number of aromatic amines is 1. The van der Waals surface area contributed by atoms with Crippen molar-refractivity contribution in [3.05, 3.63) is 53.5 Å². The molecule has 1 aliphatic heterocycles. The van der Waals surface area contributed by atoms with Gasteiger partial charge in [0.15, 0.2) is 5.76 Å². The van der Waals surface area contributed by atoms with Gasteiger partial charge >= 0.3 is 0 Å². The number of aromatic nitrogens is 2. The van der Waals surface area contributed by atoms with Crippen LogP contribution >= 0.6 is 0 Å². The van der Waals surface area contributed by atoms with Gasteiger partial charge in [-0.2, -0.15) is 0 Å². The van der Waals surface area contributed by atoms with Crippen molar-refractivity contribution in [3.8, 4) is 0 Å². The quantitative estimate of drug-likeness (QED) is 0.717. The average Bonchev–Trinajstić information content (AvgIpc) is 3.33. The molecule has 7 heteroatoms. The molecule has 27 heavy (non-hydrogen) atoms. The molecule has 6 nitrogen and oxygen atoms in total. The summed E-state index contributed by atoms with van der Waals surface area (Å²) in [7, 11) is 0. The number of carbonyl (C=O) groups excluding carboxylic acids is 1. The first kappa shape index (κ1) is 17.7. The summed E-state index contributed by atoms with van der Waals surface area (Å²) in [6.45, 7) is 4.46. The largest absolute Gasteiger partial charge is 0.454 e. The highest BCUT2D eigenvalue weighted by Crippen LogP contribution is 2.25. The standard InChI is InChI=1S/C20H23FN4O2/c1-13(25-9-3-2-4-10-25)17-7-8-18(27-17)20(26)22-12-19-23-15-6-5-14(21)11-16(15)24-19/h5-8,11,13H,2-4,9-10,12H2,1H3,(H,22,26)(H,23,24)/t13-/m1/s1. The van der Waals surface area contributed by atoms with Crippen molar-refractivity contribution >= 4 is 16.9 Å². The second-order valence-corrected chi connectivity index (χ2v) is 7.00. The first-order valence-electron chi connectivity index (χ1n) is 9.36. The number of likely N-dealkylation sites (tertiary alicyclic amines) is 1. The predicted octanol–water partition coefficient (Wildman–Crippen LogP) is 3.77. The first-order chi connectivity index (χ1) is 13.1. The lowest BCUT2D eigenvalue weighted by molar-refractivity contribution is 0.0913. The molecule has 0 bridgehead atoms. The lowest BCUT2D eigenvalue weighted by Crippen LogP contribution is -2.32. The molecule has 1 aliphatic rings. The molecule has 0 saturated carbocycles. The van der Waals surface area contributed by atoms with E-state index >= 15 is 0 Å². The van der Waals surface area contributed by atoms with E-state index in [2.05, 4.69) is 27.1 Å². The van der Waals surface area contributed by atoms with Crippen LogP contribution in [0.3, 0.4) is 0 Å². The van der Waals surface area contributed by atoms with Crippen LogP contribution < -0.4 is 5.32 Å². The van der Waals surface area contributed by atoms with Gasteiger partial charge in [0.1, 0.15) is 17.4 Å². The van der Waals surface area contributed by atoms with Gasteiger partial charge in [-0.25, -0.2) is 9.37 Å². The highest BCUT2D eigenvalue weighted by molar-refractivity contribution is 5.91. The number of H-pyrrole nitrogens is 1. The monoisotopic (exact) mass is 370 g/mol. The Hall–Kier alpha value is -2.67. The van der Waals surface area contributed by atoms with E-state index < -0.39 is 0 Å². The molecule has 0 spiro atoms. The van der Waals surface area contributed by atoms with Gasteiger partial charge in [0.05, 0.1) is 23.6 Å². The maximum absolute atomic E-state index is 13.2. The minimum absolute atomic E-state index is 0.164. The Bertz CT molecular complexity index is 943. The summed E-state index contributed by atoms with van der Waals surface area (Å²) in [4.78, 5) is 22.1. The van der Waals surface area contributed by atoms with E-state index in [0.29, 0.717) is 16.9 Å². The summed E-state index contributed by atoms with van der Waals surface area (Å²) in [5.74, 6) is 1.04. The Balaban J connectivity index is 1.38. The van der Waals surface area contributed by atoms with Crippen LogP contribution in [-0.2, 0) is 6.54 Å². The number of hydrogen-bond donors (Lipinski definition) is 2. The Labute approximate surface area is 156 Å². The number of halogens is 1. The van der Waals surface area contributed by atoms with Crippen LogP contribution in [0.2, 0.25) is 0 Å². The molecule has 1 amide bonds. The lowest BCUT2D eigenvalue weighted by atomic mass is 10.1. The molecule has 1 atom stereocenters. The van der Waals surface area contributed by atoms with Gasteiger partial charge in [0.2, 0.25) is 0 Å². The molecule has 142 valence electrons. The molecule has 2 N–H and O–H groups in total. The Kier molecular flexibility index (Phi) is 4.94. The molecule has 1 saturated heterocycles. The van der Waals surface area contributed by atoms with Crippen LogP contribution in [0.5, 0.6) is 0 Å². The minimum Gasteiger partial charge on any atom is -0.454 e. The van der Waals surface area contributed by atoms with E-state index in [-0.39, 0.29) is 30.1 Å². The summed E-state index contributed by atoms with van der Waals surface area (Å²) in [6, 6.07) is 8.09. The van der Waals surface area contributed by atoms with Crippen molar-refractivity contribution in [2.24, 2.45) is 0 Å². The molecule has 2 aromatic heterocycles. The van der Waals surface area contributed by atoms with Gasteiger partial charge in [-0.3, -0.25) is 9.69 Å². The average molecular weight is 370 g/mol. The van der Waals surface area contributed by atoms with E-state index in [4.69, 9.17) is 4.42 Å². The van der Waals surface area contributed by atoms with Gasteiger partial charge in [-0.15, -0.1) is 0 Å². The fourth-order valence-electron chi connectivity index (χ4n) is 3.55. The summed E-state index contributed by atoms with van der Waals surface area (Å²) < 4.78 is 19.0. The van der Waals surface area contributed by atoms with Gasteiger partial charge in [0.25, 0.3) is 5.91 Å². The van der Waals surface area contributed by atoms with Gasteiger partial charge in [-0.05, 0) is 63.2 Å². The van der Waals surface area contributed by atoms with Gasteiger partial charge < -0.3 is 14.7 Å². The molecule has 4 rings (SSSR count). The number of imidazole rings is 1. The van der Waals surface area contributed by atoms with Crippen LogP contribution in [0.25, 0.3) is 11.0 Å². The number of nitrogens with zero attached hydrogens (tertiary/aromatic N) is 2. The van der Waals surface area contributed by atoms with E-state index in [1.165, 1.54) is 31.4 Å². The predicted molar refractivity (Wildman–Crippen MR) is 99.8 cm³/mol. The molecular formula is C20H23FN4O2. The van der Waals surface area contributed by atoms with Crippen molar-refractivity contribution in [2.45, 2.75) is 38.8 Å². The maximum atomic E-state index is 13.2. The molecule has 1 aromatic carbocycles. The highest BCUT2D eigenvalue weighted by atomic mass is 19.1. The number of nitrogens with one attached hydrogen (secondary N) is 2. The third kappa shape index (κ3) is 3.88. The zero-order valence-electron chi connectivity index (χ0n) is 15.3. The Morgan fingerprint density at radius 2 is 2.11 bits per heavy atom. The van der Waals surface area contributed by atoms with Gasteiger partial charge in [-0.1, -0.05) is 6.42 Å². The van der Waals surface area contributed by atoms with E-state index in [1.54, 1.807) is 12.1 Å². The normalized spacial score (nSPS) is 16.5. The number of rotatable bonds is 5. The van der Waals surface area contributed by atoms with Crippen molar-refractivity contribution in [2.75, 3.05) is 13.1 Å². The van der Waals surface area contributed by atoms with Crippen LogP contribution in [0.1, 0.15) is 54.4 Å². The fourth-order valence-corrected chi connectivity index (χ4v) is 3.55. The maximum Gasteiger partial charge on any atom is 0.287 e. The number of benzene rings is 1. The van der Waals surface area contributed by atoms with E-state index in [1.807, 2.05) is 6.07 Å². The van der Waals surface area contributed by atoms with Crippen LogP contribution in [0, 0.1) is 5.82 Å². The number of fused-ring (bicyclic) bond motifs is 1. The van der Waals surface area contributed by atoms with E-state index in [9.17, 15) is 9.18 Å². The number of hydrogen-bond acceptors (Lipinski definition) is 4. The molecule has 0 aliphatic carbocycles. The number of piperidine rings is 1. The van der Waals surface area contributed by atoms with Crippen molar-refractivity contribution in [1.82, 2.24) is 20.2 Å². The van der Waals surface area contributed by atoms with Gasteiger partial charge in [0, 0.05) is 0 Å². The zero-order chi connectivity index (χ0) is 18.8. The van der Waals surface area contributed by atoms with Crippen molar-refractivity contribution in [1.29, 1.82) is 0 Å². The third-order valence-corrected chi connectivity index (χ3v) is 5.11. The Morgan fingerprint density at radius 1 is 1.30 bits per heavy atom. The summed E-state index contributed by atoms with van der Waals surface area (Å²) >= 11 is 0. The van der Waals surface area contributed by atoms with Crippen LogP contribution in [-0.4, -0.2) is 33.9 Å². The fraction of sp³-hybridized carbons (Fsp3) is 0.400. The van der Waals surface area contributed by atoms with Crippen LogP contribution in [0.4, 0.5) is 4.39 Å². The second-order valence-electron chi connectivity index (χ2n) is 7.00. The highest BCUT2D eigenvalue weighted by Gasteiger charge is 2.22.